The molecule has 0 aliphatic rings. The molecule has 0 unspecified atom stereocenters. The van der Waals surface area contributed by atoms with Gasteiger partial charge in [-0.3, -0.25) is 4.79 Å². The van der Waals surface area contributed by atoms with E-state index in [0.29, 0.717) is 18.3 Å². The number of nitrogens with zero attached hydrogens (tertiary/aromatic N) is 4. The molecule has 0 bridgehead atoms. The number of ether oxygens (including phenoxy) is 1. The van der Waals surface area contributed by atoms with Gasteiger partial charge in [-0.15, -0.1) is 5.10 Å². The van der Waals surface area contributed by atoms with Crippen molar-refractivity contribution in [2.75, 3.05) is 30.4 Å². The van der Waals surface area contributed by atoms with Gasteiger partial charge >= 0.3 is 0 Å². The summed E-state index contributed by atoms with van der Waals surface area (Å²) in [4.78, 5) is 20.1. The highest BCUT2D eigenvalue weighted by Crippen LogP contribution is 2.34. The Labute approximate surface area is 209 Å². The highest BCUT2D eigenvalue weighted by Gasteiger charge is 2.23. The van der Waals surface area contributed by atoms with E-state index in [4.69, 9.17) is 14.8 Å². The Balaban J connectivity index is 1.50. The van der Waals surface area contributed by atoms with Crippen molar-refractivity contribution in [2.45, 2.75) is 39.8 Å². The maximum absolute atomic E-state index is 12.7. The molecule has 0 aliphatic heterocycles. The van der Waals surface area contributed by atoms with E-state index in [9.17, 15) is 4.79 Å². The number of carbonyl (C=O) groups excluding carboxylic acids is 1. The molecule has 2 heterocycles. The van der Waals surface area contributed by atoms with Crippen molar-refractivity contribution >= 4 is 33.2 Å². The summed E-state index contributed by atoms with van der Waals surface area (Å²) in [5.41, 5.74) is 2.66. The normalized spacial score (nSPS) is 11.5. The number of rotatable bonds is 9. The topological polar surface area (TPSA) is 83.8 Å². The second kappa shape index (κ2) is 10.4. The van der Waals surface area contributed by atoms with Crippen LogP contribution in [0.3, 0.4) is 0 Å². The Morgan fingerprint density at radius 3 is 2.54 bits per heavy atom. The van der Waals surface area contributed by atoms with Gasteiger partial charge < -0.3 is 20.3 Å². The number of amides is 1. The van der Waals surface area contributed by atoms with Crippen LogP contribution < -0.4 is 20.3 Å². The lowest BCUT2D eigenvalue weighted by Crippen LogP contribution is -2.35. The number of benzene rings is 2. The number of para-hydroxylation sites is 1. The van der Waals surface area contributed by atoms with Crippen LogP contribution in [0.4, 0.5) is 10.9 Å². The first-order valence-electron chi connectivity index (χ1n) is 11.7. The Kier molecular flexibility index (Phi) is 7.25. The highest BCUT2D eigenvalue weighted by molar-refractivity contribution is 7.20. The summed E-state index contributed by atoms with van der Waals surface area (Å²) in [6.45, 7) is 9.43. The maximum Gasteiger partial charge on any atom is 0.239 e. The largest absolute Gasteiger partial charge is 0.494 e. The van der Waals surface area contributed by atoms with Crippen LogP contribution in [0.5, 0.6) is 5.75 Å². The van der Waals surface area contributed by atoms with Crippen LogP contribution in [0.2, 0.25) is 0 Å². The standard InChI is InChI=1S/C26H32N6O2S/c1-6-34-20-15-11-10-14-19(20)16-27-21(33)17-31(5)25-30-32-23(29-26(2,3)4)22(28-24(32)35-25)18-12-8-7-9-13-18/h7-15,29H,6,16-17H2,1-5H3,(H,27,33). The number of likely N-dealkylation sites (N-methyl/N-ethyl adjacent to an activating group) is 1. The minimum atomic E-state index is -0.174. The molecule has 2 N–H and O–H groups in total. The zero-order valence-electron chi connectivity index (χ0n) is 20.8. The summed E-state index contributed by atoms with van der Waals surface area (Å²) in [5.74, 6) is 1.54. The molecule has 0 saturated heterocycles. The summed E-state index contributed by atoms with van der Waals surface area (Å²) in [7, 11) is 1.86. The third-order valence-corrected chi connectivity index (χ3v) is 6.21. The number of nitrogens with one attached hydrogen (secondary N) is 2. The molecule has 0 atom stereocenters. The first-order chi connectivity index (χ1) is 16.7. The number of anilines is 2. The first kappa shape index (κ1) is 24.5. The molecule has 35 heavy (non-hydrogen) atoms. The number of hydrogen-bond acceptors (Lipinski definition) is 7. The predicted octanol–water partition coefficient (Wildman–Crippen LogP) is 4.82. The number of aromatic nitrogens is 3. The average molecular weight is 493 g/mol. The van der Waals surface area contributed by atoms with Crippen LogP contribution in [0.15, 0.2) is 54.6 Å². The Morgan fingerprint density at radius 2 is 1.83 bits per heavy atom. The van der Waals surface area contributed by atoms with Gasteiger partial charge in [0.2, 0.25) is 16.0 Å². The number of carbonyl (C=O) groups is 1. The van der Waals surface area contributed by atoms with E-state index in [-0.39, 0.29) is 18.0 Å². The average Bonchev–Trinajstić information content (AvgIpc) is 3.38. The van der Waals surface area contributed by atoms with Crippen molar-refractivity contribution in [2.24, 2.45) is 0 Å². The third-order valence-electron chi connectivity index (χ3n) is 5.19. The molecular formula is C26H32N6O2S. The number of hydrogen-bond donors (Lipinski definition) is 2. The van der Waals surface area contributed by atoms with Crippen LogP contribution in [0.25, 0.3) is 16.2 Å². The van der Waals surface area contributed by atoms with Crippen LogP contribution >= 0.6 is 11.3 Å². The minimum absolute atomic E-state index is 0.0929. The molecule has 8 nitrogen and oxygen atoms in total. The van der Waals surface area contributed by atoms with Gasteiger partial charge in [0.15, 0.2) is 5.82 Å². The number of imidazole rings is 1. The fourth-order valence-corrected chi connectivity index (χ4v) is 4.50. The summed E-state index contributed by atoms with van der Waals surface area (Å²) in [6, 6.07) is 17.8. The summed E-state index contributed by atoms with van der Waals surface area (Å²) < 4.78 is 7.48. The fourth-order valence-electron chi connectivity index (χ4n) is 3.64. The summed E-state index contributed by atoms with van der Waals surface area (Å²) in [5, 5.41) is 12.0. The lowest BCUT2D eigenvalue weighted by Gasteiger charge is -2.22. The van der Waals surface area contributed by atoms with Gasteiger partial charge in [-0.25, -0.2) is 4.98 Å². The lowest BCUT2D eigenvalue weighted by molar-refractivity contribution is -0.119. The van der Waals surface area contributed by atoms with Crippen molar-refractivity contribution < 1.29 is 9.53 Å². The van der Waals surface area contributed by atoms with Gasteiger partial charge in [0, 0.05) is 30.3 Å². The van der Waals surface area contributed by atoms with Crippen molar-refractivity contribution in [1.29, 1.82) is 0 Å². The molecule has 2 aromatic carbocycles. The molecule has 9 heteroatoms. The van der Waals surface area contributed by atoms with Crippen molar-refractivity contribution in [3.8, 4) is 17.0 Å². The molecule has 184 valence electrons. The van der Waals surface area contributed by atoms with Crippen LogP contribution in [0, 0.1) is 0 Å². The Bertz CT molecular complexity index is 1290. The molecule has 4 rings (SSSR count). The van der Waals surface area contributed by atoms with Gasteiger partial charge in [-0.2, -0.15) is 4.52 Å². The van der Waals surface area contributed by atoms with Gasteiger partial charge in [-0.1, -0.05) is 59.9 Å². The zero-order chi connectivity index (χ0) is 25.0. The SMILES string of the molecule is CCOc1ccccc1CNC(=O)CN(C)c1nn2c(NC(C)(C)C)c(-c3ccccc3)nc2s1. The second-order valence-corrected chi connectivity index (χ2v) is 10.2. The van der Waals surface area contributed by atoms with Crippen molar-refractivity contribution in [1.82, 2.24) is 19.9 Å². The molecular weight excluding hydrogens is 460 g/mol. The molecule has 4 aromatic rings. The van der Waals surface area contributed by atoms with E-state index < -0.39 is 0 Å². The van der Waals surface area contributed by atoms with Crippen LogP contribution in [-0.4, -0.2) is 46.2 Å². The molecule has 0 aliphatic carbocycles. The van der Waals surface area contributed by atoms with E-state index in [1.165, 1.54) is 11.3 Å². The van der Waals surface area contributed by atoms with Gasteiger partial charge in [-0.05, 0) is 33.8 Å². The van der Waals surface area contributed by atoms with Crippen LogP contribution in [0.1, 0.15) is 33.3 Å². The Hall–Kier alpha value is -3.59. The Morgan fingerprint density at radius 1 is 1.11 bits per heavy atom. The van der Waals surface area contributed by atoms with E-state index in [1.54, 1.807) is 0 Å². The zero-order valence-corrected chi connectivity index (χ0v) is 21.6. The van der Waals surface area contributed by atoms with E-state index in [1.807, 2.05) is 78.0 Å². The smallest absolute Gasteiger partial charge is 0.239 e. The third kappa shape index (κ3) is 5.92. The van der Waals surface area contributed by atoms with Crippen molar-refractivity contribution in [3.05, 3.63) is 60.2 Å². The van der Waals surface area contributed by atoms with E-state index >= 15 is 0 Å². The van der Waals surface area contributed by atoms with E-state index in [0.717, 1.165) is 33.3 Å². The molecule has 0 saturated carbocycles. The maximum atomic E-state index is 12.7. The van der Waals surface area contributed by atoms with Gasteiger partial charge in [0.25, 0.3) is 0 Å². The molecule has 0 radical (unpaired) electrons. The fraction of sp³-hybridized carbons (Fsp3) is 0.346. The van der Waals surface area contributed by atoms with Crippen molar-refractivity contribution in [3.63, 3.8) is 0 Å². The first-order valence-corrected chi connectivity index (χ1v) is 12.5. The van der Waals surface area contributed by atoms with Gasteiger partial charge in [0.05, 0.1) is 13.2 Å². The highest BCUT2D eigenvalue weighted by atomic mass is 32.1. The summed E-state index contributed by atoms with van der Waals surface area (Å²) >= 11 is 1.45. The predicted molar refractivity (Wildman–Crippen MR) is 142 cm³/mol. The van der Waals surface area contributed by atoms with Crippen LogP contribution in [-0.2, 0) is 11.3 Å². The number of fused-ring (bicyclic) bond motifs is 1. The lowest BCUT2D eigenvalue weighted by atomic mass is 10.1. The molecule has 1 amide bonds. The van der Waals surface area contributed by atoms with E-state index in [2.05, 4.69) is 31.4 Å². The quantitative estimate of drug-likeness (QED) is 0.349. The van der Waals surface area contributed by atoms with Gasteiger partial charge in [0.1, 0.15) is 11.4 Å². The second-order valence-electron chi connectivity index (χ2n) is 9.30. The summed E-state index contributed by atoms with van der Waals surface area (Å²) in [6.07, 6.45) is 0. The molecule has 0 fully saturated rings. The minimum Gasteiger partial charge on any atom is -0.494 e. The molecule has 2 aromatic heterocycles. The molecule has 0 spiro atoms. The monoisotopic (exact) mass is 492 g/mol.